The zero-order valence-electron chi connectivity index (χ0n) is 17.6. The number of para-hydroxylation sites is 1. The fraction of sp³-hybridized carbons (Fsp3) is 0.167. The number of amides is 1. The molecule has 8 heteroatoms. The zero-order chi connectivity index (χ0) is 22.6. The summed E-state index contributed by atoms with van der Waals surface area (Å²) in [5.74, 6) is 0.908. The second kappa shape index (κ2) is 9.23. The molecule has 3 aromatic rings. The van der Waals surface area contributed by atoms with Gasteiger partial charge in [-0.3, -0.25) is 4.79 Å². The Morgan fingerprint density at radius 3 is 2.38 bits per heavy atom. The number of fused-ring (bicyclic) bond motifs is 1. The van der Waals surface area contributed by atoms with Gasteiger partial charge in [0.1, 0.15) is 10.6 Å². The van der Waals surface area contributed by atoms with Gasteiger partial charge < -0.3 is 15.0 Å². The number of benzene rings is 3. The van der Waals surface area contributed by atoms with E-state index in [9.17, 15) is 13.2 Å². The van der Waals surface area contributed by atoms with Crippen LogP contribution >= 0.6 is 0 Å². The average molecular weight is 450 g/mol. The molecule has 1 aliphatic heterocycles. The molecular weight excluding hydrogens is 426 g/mol. The number of anilines is 1. The third kappa shape index (κ3) is 4.50. The third-order valence-corrected chi connectivity index (χ3v) is 6.46. The van der Waals surface area contributed by atoms with E-state index >= 15 is 0 Å². The highest BCUT2D eigenvalue weighted by Crippen LogP contribution is 2.29. The highest BCUT2D eigenvalue weighted by molar-refractivity contribution is 7.90. The number of rotatable bonds is 7. The first-order valence-corrected chi connectivity index (χ1v) is 11.6. The molecule has 1 N–H and O–H groups in total. The number of sulfonamides is 1. The first-order chi connectivity index (χ1) is 15.5. The van der Waals surface area contributed by atoms with Crippen LogP contribution in [0.4, 0.5) is 5.69 Å². The lowest BCUT2D eigenvalue weighted by molar-refractivity contribution is 0.0953. The van der Waals surface area contributed by atoms with E-state index in [-0.39, 0.29) is 10.8 Å². The van der Waals surface area contributed by atoms with Crippen LogP contribution in [0.5, 0.6) is 5.75 Å². The van der Waals surface area contributed by atoms with E-state index in [2.05, 4.69) is 9.71 Å². The molecule has 0 radical (unpaired) electrons. The Morgan fingerprint density at radius 1 is 0.969 bits per heavy atom. The van der Waals surface area contributed by atoms with Crippen LogP contribution in [0.2, 0.25) is 0 Å². The van der Waals surface area contributed by atoms with Crippen molar-refractivity contribution in [2.75, 3.05) is 25.1 Å². The van der Waals surface area contributed by atoms with Gasteiger partial charge in [-0.25, -0.2) is 0 Å². The number of amidine groups is 1. The van der Waals surface area contributed by atoms with Gasteiger partial charge in [-0.05, 0) is 55.0 Å². The highest BCUT2D eigenvalue weighted by Gasteiger charge is 2.32. The molecule has 7 nitrogen and oxygen atoms in total. The van der Waals surface area contributed by atoms with Gasteiger partial charge in [-0.2, -0.15) is 8.42 Å². The predicted octanol–water partition coefficient (Wildman–Crippen LogP) is 3.47. The van der Waals surface area contributed by atoms with Gasteiger partial charge in [0.15, 0.2) is 5.84 Å². The van der Waals surface area contributed by atoms with E-state index in [1.165, 1.54) is 0 Å². The van der Waals surface area contributed by atoms with Crippen LogP contribution in [0.15, 0.2) is 88.2 Å². The monoisotopic (exact) mass is 449 g/mol. The number of carbonyl (C=O) groups is 1. The van der Waals surface area contributed by atoms with Crippen molar-refractivity contribution in [2.45, 2.75) is 11.3 Å². The average Bonchev–Trinajstić information content (AvgIpc) is 3.10. The van der Waals surface area contributed by atoms with Crippen molar-refractivity contribution in [2.24, 2.45) is 4.40 Å². The molecule has 0 aromatic heterocycles. The number of hydrogen-bond donors (Lipinski definition) is 1. The second-order valence-electron chi connectivity index (χ2n) is 7.21. The summed E-state index contributed by atoms with van der Waals surface area (Å²) in [7, 11) is -2.15. The summed E-state index contributed by atoms with van der Waals surface area (Å²) in [5.41, 5.74) is 1.96. The van der Waals surface area contributed by atoms with E-state index in [4.69, 9.17) is 4.74 Å². The minimum absolute atomic E-state index is 0.176. The summed E-state index contributed by atoms with van der Waals surface area (Å²) >= 11 is 0. The van der Waals surface area contributed by atoms with Crippen LogP contribution in [0.3, 0.4) is 0 Å². The summed E-state index contributed by atoms with van der Waals surface area (Å²) in [6.45, 7) is 0.908. The Balaban J connectivity index is 1.48. The topological polar surface area (TPSA) is 88.1 Å². The van der Waals surface area contributed by atoms with Crippen LogP contribution in [-0.2, 0) is 10.0 Å². The molecule has 0 aliphatic carbocycles. The van der Waals surface area contributed by atoms with E-state index in [0.717, 1.165) is 5.69 Å². The number of nitrogens with zero attached hydrogens (tertiary/aromatic N) is 2. The molecule has 4 rings (SSSR count). The van der Waals surface area contributed by atoms with Crippen molar-refractivity contribution in [3.05, 3.63) is 90.0 Å². The number of hydrogen-bond acceptors (Lipinski definition) is 5. The van der Waals surface area contributed by atoms with Gasteiger partial charge in [0.05, 0.1) is 7.11 Å². The maximum atomic E-state index is 12.5. The Kier molecular flexibility index (Phi) is 6.23. The van der Waals surface area contributed by atoms with Crippen LogP contribution in [0.1, 0.15) is 22.3 Å². The second-order valence-corrected chi connectivity index (χ2v) is 8.78. The van der Waals surface area contributed by atoms with E-state index in [0.29, 0.717) is 42.2 Å². The van der Waals surface area contributed by atoms with Crippen LogP contribution < -0.4 is 15.0 Å². The lowest BCUT2D eigenvalue weighted by atomic mass is 10.1. The number of methoxy groups -OCH3 is 1. The van der Waals surface area contributed by atoms with E-state index < -0.39 is 10.0 Å². The standard InChI is InChI=1S/C24H23N3O4S/c1-31-20-14-12-18(13-15-20)24(28)25-16-7-17-27(19-8-3-2-4-9-19)23-21-10-5-6-11-22(21)32(29,30)26-23/h2-6,8-15H,7,16-17H2,1H3,(H,25,28). The van der Waals surface area contributed by atoms with Crippen molar-refractivity contribution < 1.29 is 17.9 Å². The highest BCUT2D eigenvalue weighted by atomic mass is 32.2. The fourth-order valence-corrected chi connectivity index (χ4v) is 4.74. The molecular formula is C24H23N3O4S. The number of ether oxygens (including phenoxy) is 1. The molecule has 1 amide bonds. The minimum Gasteiger partial charge on any atom is -0.497 e. The maximum Gasteiger partial charge on any atom is 0.285 e. The predicted molar refractivity (Wildman–Crippen MR) is 124 cm³/mol. The lowest BCUT2D eigenvalue weighted by Gasteiger charge is -2.24. The SMILES string of the molecule is COc1ccc(C(=O)NCCCN(C2=NS(=O)(=O)c3ccccc32)c2ccccc2)cc1. The zero-order valence-corrected chi connectivity index (χ0v) is 18.4. The molecule has 0 bridgehead atoms. The molecule has 0 saturated carbocycles. The van der Waals surface area contributed by atoms with Gasteiger partial charge in [-0.15, -0.1) is 4.40 Å². The molecule has 0 atom stereocenters. The fourth-order valence-electron chi connectivity index (χ4n) is 3.53. The molecule has 3 aromatic carbocycles. The van der Waals surface area contributed by atoms with E-state index in [1.807, 2.05) is 35.2 Å². The first-order valence-electron chi connectivity index (χ1n) is 10.2. The van der Waals surface area contributed by atoms with Crippen molar-refractivity contribution in [3.8, 4) is 5.75 Å². The molecule has 0 spiro atoms. The summed E-state index contributed by atoms with van der Waals surface area (Å²) in [5, 5.41) is 2.90. The largest absolute Gasteiger partial charge is 0.497 e. The first kappa shape index (κ1) is 21.6. The number of carbonyl (C=O) groups excluding carboxylic acids is 1. The molecule has 1 aliphatic rings. The Morgan fingerprint density at radius 2 is 1.66 bits per heavy atom. The molecule has 32 heavy (non-hydrogen) atoms. The van der Waals surface area contributed by atoms with Crippen LogP contribution in [-0.4, -0.2) is 40.4 Å². The summed E-state index contributed by atoms with van der Waals surface area (Å²) in [4.78, 5) is 14.5. The van der Waals surface area contributed by atoms with Gasteiger partial charge in [-0.1, -0.05) is 30.3 Å². The summed E-state index contributed by atoms with van der Waals surface area (Å²) in [6.07, 6.45) is 0.595. The summed E-state index contributed by atoms with van der Waals surface area (Å²) in [6, 6.07) is 23.2. The van der Waals surface area contributed by atoms with Crippen molar-refractivity contribution in [1.82, 2.24) is 5.32 Å². The van der Waals surface area contributed by atoms with Crippen molar-refractivity contribution in [3.63, 3.8) is 0 Å². The van der Waals surface area contributed by atoms with Gasteiger partial charge >= 0.3 is 0 Å². The molecule has 0 unspecified atom stereocenters. The summed E-state index contributed by atoms with van der Waals surface area (Å²) < 4.78 is 34.3. The smallest absolute Gasteiger partial charge is 0.285 e. The Bertz CT molecular complexity index is 1240. The molecule has 0 saturated heterocycles. The molecule has 164 valence electrons. The Hall–Kier alpha value is -3.65. The van der Waals surface area contributed by atoms with Gasteiger partial charge in [0.25, 0.3) is 15.9 Å². The van der Waals surface area contributed by atoms with Crippen molar-refractivity contribution in [1.29, 1.82) is 0 Å². The van der Waals surface area contributed by atoms with Crippen LogP contribution in [0, 0.1) is 0 Å². The molecule has 1 heterocycles. The third-order valence-electron chi connectivity index (χ3n) is 5.13. The van der Waals surface area contributed by atoms with Gasteiger partial charge in [0.2, 0.25) is 0 Å². The van der Waals surface area contributed by atoms with E-state index in [1.54, 1.807) is 55.6 Å². The molecule has 0 fully saturated rings. The van der Waals surface area contributed by atoms with Gasteiger partial charge in [0, 0.05) is 29.9 Å². The lowest BCUT2D eigenvalue weighted by Crippen LogP contribution is -2.34. The maximum absolute atomic E-state index is 12.5. The Labute approximate surface area is 187 Å². The number of nitrogens with one attached hydrogen (secondary N) is 1. The quantitative estimate of drug-likeness (QED) is 0.558. The van der Waals surface area contributed by atoms with Crippen LogP contribution in [0.25, 0.3) is 0 Å². The normalized spacial score (nSPS) is 13.7. The minimum atomic E-state index is -3.73. The van der Waals surface area contributed by atoms with Crippen molar-refractivity contribution >= 4 is 27.5 Å².